The molecule has 38 nitrogen and oxygen atoms in total. The van der Waals surface area contributed by atoms with E-state index in [1.807, 2.05) is 141 Å². The maximum absolute atomic E-state index is 14.8. The lowest BCUT2D eigenvalue weighted by molar-refractivity contribution is -0.147. The maximum Gasteiger partial charge on any atom is 0.333 e. The van der Waals surface area contributed by atoms with Gasteiger partial charge >= 0.3 is 7.60 Å². The molecule has 0 aliphatic carbocycles. The van der Waals surface area contributed by atoms with Gasteiger partial charge < -0.3 is 105 Å². The molecule has 2 aliphatic rings. The third-order valence-corrected chi connectivity index (χ3v) is 27.3. The van der Waals surface area contributed by atoms with Gasteiger partial charge in [-0.1, -0.05) is 170 Å². The van der Waals surface area contributed by atoms with Crippen molar-refractivity contribution < 1.29 is 106 Å². The van der Waals surface area contributed by atoms with Crippen molar-refractivity contribution in [2.24, 2.45) is 47.3 Å². The molecular formula is C100H159N16O22P. The largest absolute Gasteiger partial charge is 0.386 e. The molecule has 3 aromatic carbocycles. The quantitative estimate of drug-likeness (QED) is 0.0150. The van der Waals surface area contributed by atoms with Gasteiger partial charge in [-0.15, -0.1) is 20.4 Å². The summed E-state index contributed by atoms with van der Waals surface area (Å²) < 4.78 is 40.7. The second-order valence-corrected chi connectivity index (χ2v) is 40.3. The molecule has 139 heavy (non-hydrogen) atoms. The van der Waals surface area contributed by atoms with Crippen molar-refractivity contribution in [3.8, 4) is 11.4 Å². The van der Waals surface area contributed by atoms with Crippen molar-refractivity contribution in [3.63, 3.8) is 0 Å². The van der Waals surface area contributed by atoms with Crippen LogP contribution in [-0.4, -0.2) is 322 Å². The van der Waals surface area contributed by atoms with Crippen LogP contribution in [0.3, 0.4) is 0 Å². The van der Waals surface area contributed by atoms with E-state index in [2.05, 4.69) is 52.3 Å². The second-order valence-electron chi connectivity index (χ2n) is 38.7. The Morgan fingerprint density at radius 1 is 0.482 bits per heavy atom. The van der Waals surface area contributed by atoms with Crippen LogP contribution < -0.4 is 31.9 Å². The Morgan fingerprint density at radius 2 is 0.885 bits per heavy atom. The molecule has 2 aliphatic heterocycles. The van der Waals surface area contributed by atoms with Gasteiger partial charge in [-0.3, -0.25) is 62.1 Å². The van der Waals surface area contributed by atoms with Crippen LogP contribution in [0.2, 0.25) is 0 Å². The minimum atomic E-state index is -4.60. The molecule has 0 unspecified atom stereocenters. The molecule has 2 saturated heterocycles. The third kappa shape index (κ3) is 36.5. The molecule has 0 saturated carbocycles. The molecule has 0 bridgehead atoms. The number of carbonyl (C=O) groups excluding carboxylic acids is 12. The number of likely N-dealkylation sites (N-methyl/N-ethyl adjacent to an activating group) is 4. The molecule has 3 heterocycles. The van der Waals surface area contributed by atoms with E-state index in [0.29, 0.717) is 56.3 Å². The molecule has 4 aromatic rings. The van der Waals surface area contributed by atoms with Gasteiger partial charge in [0.25, 0.3) is 11.8 Å². The van der Waals surface area contributed by atoms with Gasteiger partial charge in [0.05, 0.1) is 109 Å². The smallest absolute Gasteiger partial charge is 0.333 e. The van der Waals surface area contributed by atoms with Gasteiger partial charge in [-0.05, 0) is 124 Å². The first-order valence-corrected chi connectivity index (χ1v) is 51.0. The van der Waals surface area contributed by atoms with Crippen molar-refractivity contribution in [3.05, 3.63) is 107 Å². The molecule has 0 spiro atoms. The van der Waals surface area contributed by atoms with E-state index in [1.54, 1.807) is 63.7 Å². The average molecular weight is 1970 g/mol. The lowest BCUT2D eigenvalue weighted by Gasteiger charge is -2.41. The minimum Gasteiger partial charge on any atom is -0.386 e. The predicted molar refractivity (Wildman–Crippen MR) is 524 cm³/mol. The topological polar surface area (TPSA) is 492 Å². The SMILES string of the molecule is CC[C@H](C)[C@@H]([C@@H](CC(=O)N1CCC[C@H]1C[C@@H](C)C(=O)N[C@H](C)[C@@H](O)c1ccccc1)OC)N(C)C(=O)[C@@H](NC(=O)[C@H](C(C)C)N(C)C(=O)CCOCCOCCNC(=O)c1cc(C(=O)NCCOCCOCCC(=O)N(C)[C@H](C(=O)N[C@H](C(=O)N(C)[C@H](CCC(=O)N2CCC[C@H]2C[C@@H](C)C(=O)N[C@H](C)[C@@H](O)c2ccccc2)[C@@H](C)CC)C(C)C)C(C)C)cc(-c2nnc(CP(=O)(O)O)nn2)c1)C(C)C. The zero-order chi connectivity index (χ0) is 103. The van der Waals surface area contributed by atoms with Crippen LogP contribution in [0.15, 0.2) is 78.9 Å². The van der Waals surface area contributed by atoms with E-state index < -0.39 is 128 Å². The lowest BCUT2D eigenvalue weighted by atomic mass is 9.89. The number of rotatable bonds is 60. The highest BCUT2D eigenvalue weighted by atomic mass is 31.2. The van der Waals surface area contributed by atoms with Crippen LogP contribution in [0, 0.1) is 47.3 Å². The van der Waals surface area contributed by atoms with E-state index in [9.17, 15) is 82.1 Å². The van der Waals surface area contributed by atoms with Crippen molar-refractivity contribution >= 4 is 78.5 Å². The number of hydrogen-bond donors (Lipinski definition) is 10. The van der Waals surface area contributed by atoms with Crippen molar-refractivity contribution in [2.75, 3.05) is 114 Å². The van der Waals surface area contributed by atoms with E-state index in [4.69, 9.17) is 23.7 Å². The Balaban J connectivity index is 0.926. The summed E-state index contributed by atoms with van der Waals surface area (Å²) in [4.78, 5) is 197. The second kappa shape index (κ2) is 58.5. The standard InChI is InChI=1S/C100H159N16O22P/c1-22-65(11)78(38-39-83(119)115-44-30-36-76(115)54-67(13)93(123)103-69(15)90(121)71-32-26-24-27-33-71)111(17)99(129)85(61(3)4)105-97(127)87(63(7)8)112(18)81(117)40-46-135-50-52-137-48-42-101-95(125)74-56-73(92-109-107-80(108-110-92)60-139(131,132)133)57-75(58-74)96(126)102-43-49-138-53-51-136-47-41-82(118)113(19)88(64(9)10)98(128)106-86(62(5)6)100(130)114(20)89(66(12)23-2)79(134-21)59-84(120)116-45-31-37-77(116)55-68(14)94(124)104-70(16)91(122)72-34-28-25-29-35-72/h24-29,32-35,56-58,61-70,76-79,85-91,121-122H,22-23,30-31,36-55,59-60H2,1-21H3,(H,101,125)(H,102,126)(H,103,123)(H,104,124)(H,105,127)(H,106,128)(H2,131,132,133)/t65-,66-,67+,68+,69+,70+,76-,77-,78+,79+,85-,86-,87-,88-,89-,90+,91+/m0/s1. The molecule has 39 heteroatoms. The first-order chi connectivity index (χ1) is 65.8. The number of amides is 12. The predicted octanol–water partition coefficient (Wildman–Crippen LogP) is 7.61. The lowest BCUT2D eigenvalue weighted by Crippen LogP contribution is -2.60. The van der Waals surface area contributed by atoms with Crippen molar-refractivity contribution in [2.45, 2.75) is 279 Å². The van der Waals surface area contributed by atoms with E-state index in [-0.39, 0.29) is 203 Å². The highest BCUT2D eigenvalue weighted by molar-refractivity contribution is 7.50. The fourth-order valence-electron chi connectivity index (χ4n) is 18.1. The Morgan fingerprint density at radius 3 is 1.27 bits per heavy atom. The molecular weight excluding hydrogens is 1810 g/mol. The highest BCUT2D eigenvalue weighted by Gasteiger charge is 2.44. The van der Waals surface area contributed by atoms with Crippen LogP contribution in [0.5, 0.6) is 0 Å². The maximum atomic E-state index is 14.8. The van der Waals surface area contributed by atoms with E-state index in [1.165, 1.54) is 49.2 Å². The summed E-state index contributed by atoms with van der Waals surface area (Å²) in [5.74, 6) is -7.49. The fourth-order valence-corrected chi connectivity index (χ4v) is 18.6. The number of aliphatic hydroxyl groups excluding tert-OH is 2. The van der Waals surface area contributed by atoms with Crippen LogP contribution in [0.1, 0.15) is 244 Å². The number of methoxy groups -OCH3 is 1. The molecule has 10 N–H and O–H groups in total. The first-order valence-electron chi connectivity index (χ1n) is 49.2. The summed E-state index contributed by atoms with van der Waals surface area (Å²) >= 11 is 0. The first kappa shape index (κ1) is 118. The Kier molecular flexibility index (Phi) is 49.6. The van der Waals surface area contributed by atoms with Crippen LogP contribution >= 0.6 is 7.60 Å². The van der Waals surface area contributed by atoms with Gasteiger partial charge in [0.2, 0.25) is 64.9 Å². The summed E-state index contributed by atoms with van der Waals surface area (Å²) in [5.41, 5.74) is 1.48. The van der Waals surface area contributed by atoms with Crippen LogP contribution in [-0.2, 0) is 82.4 Å². The van der Waals surface area contributed by atoms with E-state index in [0.717, 1.165) is 25.7 Å². The van der Waals surface area contributed by atoms with Crippen LogP contribution in [0.4, 0.5) is 0 Å². The van der Waals surface area contributed by atoms with Gasteiger partial charge in [0.1, 0.15) is 30.3 Å². The number of aromatic nitrogens is 4. The summed E-state index contributed by atoms with van der Waals surface area (Å²) in [6.45, 7) is 31.0. The average Bonchev–Trinajstić information content (AvgIpc) is 1.43. The molecule has 2 fully saturated rings. The highest BCUT2D eigenvalue weighted by Crippen LogP contribution is 2.38. The third-order valence-electron chi connectivity index (χ3n) is 26.6. The van der Waals surface area contributed by atoms with Crippen LogP contribution in [0.25, 0.3) is 11.4 Å². The fraction of sp³-hybridized carbons (Fsp3) is 0.680. The molecule has 1 aromatic heterocycles. The molecule has 0 radical (unpaired) electrons. The summed E-state index contributed by atoms with van der Waals surface area (Å²) in [5, 5.41) is 54.6. The normalized spacial score (nSPS) is 17.2. The Bertz CT molecular complexity index is 4620. The van der Waals surface area contributed by atoms with Gasteiger partial charge in [0, 0.05) is 115 Å². The number of nitrogens with zero attached hydrogens (tertiary/aromatic N) is 10. The molecule has 17 atom stereocenters. The van der Waals surface area contributed by atoms with Gasteiger partial charge in [0.15, 0.2) is 5.82 Å². The number of nitrogens with one attached hydrogen (secondary N) is 6. The number of ether oxygens (including phenoxy) is 5. The number of carbonyl (C=O) groups is 12. The van der Waals surface area contributed by atoms with Crippen molar-refractivity contribution in [1.82, 2.24) is 81.7 Å². The number of benzene rings is 3. The zero-order valence-electron chi connectivity index (χ0n) is 85.6. The monoisotopic (exact) mass is 1970 g/mol. The van der Waals surface area contributed by atoms with Crippen molar-refractivity contribution in [1.29, 1.82) is 0 Å². The Hall–Kier alpha value is -9.89. The molecule has 12 amide bonds. The summed E-state index contributed by atoms with van der Waals surface area (Å²) in [6, 6.07) is 16.0. The Labute approximate surface area is 821 Å². The van der Waals surface area contributed by atoms with E-state index >= 15 is 0 Å². The van der Waals surface area contributed by atoms with Gasteiger partial charge in [-0.25, -0.2) is 0 Å². The molecule has 776 valence electrons. The molecule has 6 rings (SSSR count). The number of aliphatic hydroxyl groups is 2. The number of likely N-dealkylation sites (tertiary alicyclic amines) is 2. The summed E-state index contributed by atoms with van der Waals surface area (Å²) in [7, 11) is 3.33. The minimum absolute atomic E-state index is 0.00500. The zero-order valence-corrected chi connectivity index (χ0v) is 86.5. The summed E-state index contributed by atoms with van der Waals surface area (Å²) in [6.07, 6.45) is 2.23. The van der Waals surface area contributed by atoms with Gasteiger partial charge in [-0.2, -0.15) is 0 Å². The number of hydrogen-bond acceptors (Lipinski definition) is 24.